The van der Waals surface area contributed by atoms with E-state index in [4.69, 9.17) is 10.5 Å². The predicted octanol–water partition coefficient (Wildman–Crippen LogP) is -5.18. The van der Waals surface area contributed by atoms with Crippen LogP contribution in [-0.2, 0) is 33.5 Å². The Morgan fingerprint density at radius 1 is 0.854 bits per heavy atom. The van der Waals surface area contributed by atoms with Gasteiger partial charge in [0.2, 0.25) is 35.4 Å². The zero-order valence-corrected chi connectivity index (χ0v) is 23.6. The third-order valence-electron chi connectivity index (χ3n) is 6.11. The van der Waals surface area contributed by atoms with Gasteiger partial charge in [0.05, 0.1) is 19.1 Å². The highest BCUT2D eigenvalue weighted by Gasteiger charge is 2.45. The van der Waals surface area contributed by atoms with Crippen molar-refractivity contribution in [1.82, 2.24) is 26.6 Å². The minimum Gasteiger partial charge on any atom is -0.394 e. The number of hydrogen-bond donors (Lipinski definition) is 10. The van der Waals surface area contributed by atoms with Crippen LogP contribution in [0.25, 0.3) is 0 Å². The van der Waals surface area contributed by atoms with Crippen molar-refractivity contribution in [2.75, 3.05) is 6.61 Å². The number of hydrogen-bond acceptors (Lipinski definition) is 11. The Labute approximate surface area is 236 Å². The number of amides is 6. The van der Waals surface area contributed by atoms with Crippen LogP contribution in [-0.4, -0.2) is 117 Å². The fraction of sp³-hybridized carbons (Fsp3) is 0.750. The third kappa shape index (κ3) is 11.2. The Morgan fingerprint density at radius 2 is 1.44 bits per heavy atom. The first-order chi connectivity index (χ1) is 19.0. The lowest BCUT2D eigenvalue weighted by molar-refractivity contribution is -0.203. The van der Waals surface area contributed by atoms with E-state index in [9.17, 15) is 49.2 Å². The molecular weight excluding hydrogens is 548 g/mol. The molecule has 41 heavy (non-hydrogen) atoms. The van der Waals surface area contributed by atoms with E-state index in [-0.39, 0.29) is 12.3 Å². The molecule has 0 unspecified atom stereocenters. The first-order valence-corrected chi connectivity index (χ1v) is 13.0. The minimum absolute atomic E-state index is 0.0823. The molecule has 1 rings (SSSR count). The summed E-state index contributed by atoms with van der Waals surface area (Å²) in [6.07, 6.45) is -7.89. The Balaban J connectivity index is 3.10. The van der Waals surface area contributed by atoms with Gasteiger partial charge in [0.25, 0.3) is 0 Å². The van der Waals surface area contributed by atoms with Gasteiger partial charge in [-0.1, -0.05) is 13.8 Å². The molecule has 0 aromatic carbocycles. The molecule has 234 valence electrons. The summed E-state index contributed by atoms with van der Waals surface area (Å²) in [6, 6.07) is -5.51. The van der Waals surface area contributed by atoms with E-state index < -0.39 is 103 Å². The van der Waals surface area contributed by atoms with E-state index in [1.165, 1.54) is 6.92 Å². The Kier molecular flexibility index (Phi) is 14.1. The summed E-state index contributed by atoms with van der Waals surface area (Å²) < 4.78 is 5.44. The molecule has 17 nitrogen and oxygen atoms in total. The summed E-state index contributed by atoms with van der Waals surface area (Å²) in [4.78, 5) is 74.0. The molecule has 1 fully saturated rings. The van der Waals surface area contributed by atoms with E-state index >= 15 is 0 Å². The maximum Gasteiger partial charge on any atom is 0.243 e. The number of primary amides is 1. The number of rotatable bonds is 14. The lowest BCUT2D eigenvalue weighted by atomic mass is 9.95. The molecule has 1 aliphatic rings. The topological polar surface area (TPSA) is 279 Å². The van der Waals surface area contributed by atoms with Crippen molar-refractivity contribution in [1.29, 1.82) is 0 Å². The molecule has 1 aliphatic heterocycles. The van der Waals surface area contributed by atoms with Crippen molar-refractivity contribution >= 4 is 35.4 Å². The third-order valence-corrected chi connectivity index (χ3v) is 6.11. The number of carbonyl (C=O) groups is 6. The van der Waals surface area contributed by atoms with Gasteiger partial charge in [0, 0.05) is 13.8 Å². The number of nitrogens with one attached hydrogen (secondary N) is 5. The highest BCUT2D eigenvalue weighted by Crippen LogP contribution is 2.20. The van der Waals surface area contributed by atoms with Crippen LogP contribution in [0.3, 0.4) is 0 Å². The lowest BCUT2D eigenvalue weighted by Crippen LogP contribution is -2.68. The van der Waals surface area contributed by atoms with Crippen LogP contribution < -0.4 is 32.3 Å². The van der Waals surface area contributed by atoms with Crippen LogP contribution in [0.5, 0.6) is 0 Å². The van der Waals surface area contributed by atoms with Gasteiger partial charge in [-0.05, 0) is 19.3 Å². The Hall–Kier alpha value is -3.38. The first kappa shape index (κ1) is 35.6. The highest BCUT2D eigenvalue weighted by molar-refractivity contribution is 5.95. The molecule has 0 spiro atoms. The molecule has 0 aliphatic carbocycles. The molecule has 9 atom stereocenters. The van der Waals surface area contributed by atoms with Gasteiger partial charge < -0.3 is 57.5 Å². The Bertz CT molecular complexity index is 962. The smallest absolute Gasteiger partial charge is 0.243 e. The molecular formula is C24H42N6O11. The van der Waals surface area contributed by atoms with Gasteiger partial charge in [-0.3, -0.25) is 28.8 Å². The van der Waals surface area contributed by atoms with Gasteiger partial charge in [0.15, 0.2) is 6.23 Å². The number of nitrogens with two attached hydrogens (primary N) is 1. The molecule has 0 aromatic rings. The van der Waals surface area contributed by atoms with Gasteiger partial charge in [-0.25, -0.2) is 0 Å². The average Bonchev–Trinajstić information content (AvgIpc) is 2.84. The standard InChI is InChI=1S/C24H42N6O11/c1-9(2)6-13(23(40)30-17(10(3)32)21(25)38)28-22(39)14(26-11(4)33)7-16(35)29-24-18(27-12(5)34)20(37)19(36)15(8-31)41-24/h9-10,13-15,17-20,24,31-32,36-37H,6-8H2,1-5H3,(H2,25,38)(H,26,33)(H,27,34)(H,28,39)(H,29,35)(H,30,40)/t10-,13+,14+,15-,17+,18-,19-,20-,24-/m1/s1. The molecule has 0 aromatic heterocycles. The van der Waals surface area contributed by atoms with Crippen LogP contribution in [0, 0.1) is 5.92 Å². The summed E-state index contributed by atoms with van der Waals surface area (Å²) in [7, 11) is 0. The molecule has 1 saturated heterocycles. The van der Waals surface area contributed by atoms with E-state index in [0.29, 0.717) is 0 Å². The summed E-state index contributed by atoms with van der Waals surface area (Å²) in [5, 5.41) is 51.5. The maximum absolute atomic E-state index is 13.1. The molecule has 0 saturated carbocycles. The number of aliphatic hydroxyl groups is 4. The molecule has 1 heterocycles. The fourth-order valence-corrected chi connectivity index (χ4v) is 4.15. The van der Waals surface area contributed by atoms with Crippen molar-refractivity contribution < 1.29 is 53.9 Å². The largest absolute Gasteiger partial charge is 0.394 e. The second-order valence-corrected chi connectivity index (χ2v) is 10.3. The monoisotopic (exact) mass is 590 g/mol. The van der Waals surface area contributed by atoms with Gasteiger partial charge >= 0.3 is 0 Å². The molecule has 6 amide bonds. The summed E-state index contributed by atoms with van der Waals surface area (Å²) in [5.74, 6) is -5.11. The minimum atomic E-state index is -1.63. The number of ether oxygens (including phenoxy) is 1. The summed E-state index contributed by atoms with van der Waals surface area (Å²) in [5.41, 5.74) is 5.22. The van der Waals surface area contributed by atoms with Crippen LogP contribution in [0.2, 0.25) is 0 Å². The van der Waals surface area contributed by atoms with Crippen molar-refractivity contribution in [3.05, 3.63) is 0 Å². The number of carbonyl (C=O) groups excluding carboxylic acids is 6. The van der Waals surface area contributed by atoms with Crippen molar-refractivity contribution in [2.45, 2.75) is 102 Å². The van der Waals surface area contributed by atoms with Gasteiger partial charge in [-0.15, -0.1) is 0 Å². The zero-order chi connectivity index (χ0) is 31.6. The first-order valence-electron chi connectivity index (χ1n) is 13.0. The van der Waals surface area contributed by atoms with Gasteiger partial charge in [-0.2, -0.15) is 0 Å². The van der Waals surface area contributed by atoms with E-state index in [1.54, 1.807) is 13.8 Å². The van der Waals surface area contributed by atoms with Crippen LogP contribution in [0.15, 0.2) is 0 Å². The van der Waals surface area contributed by atoms with Crippen molar-refractivity contribution in [3.63, 3.8) is 0 Å². The molecule has 0 radical (unpaired) electrons. The maximum atomic E-state index is 13.1. The quantitative estimate of drug-likeness (QED) is 0.0912. The molecule has 0 bridgehead atoms. The fourth-order valence-electron chi connectivity index (χ4n) is 4.15. The summed E-state index contributed by atoms with van der Waals surface area (Å²) in [6.45, 7) is 6.25. The second-order valence-electron chi connectivity index (χ2n) is 10.3. The molecule has 17 heteroatoms. The van der Waals surface area contributed by atoms with E-state index in [0.717, 1.165) is 13.8 Å². The normalized spacial score (nSPS) is 25.2. The summed E-state index contributed by atoms with van der Waals surface area (Å²) >= 11 is 0. The van der Waals surface area contributed by atoms with Crippen LogP contribution >= 0.6 is 0 Å². The van der Waals surface area contributed by atoms with Crippen molar-refractivity contribution in [3.8, 4) is 0 Å². The van der Waals surface area contributed by atoms with Crippen LogP contribution in [0.1, 0.15) is 47.5 Å². The highest BCUT2D eigenvalue weighted by atomic mass is 16.5. The lowest BCUT2D eigenvalue weighted by Gasteiger charge is -2.42. The second kappa shape index (κ2) is 16.2. The zero-order valence-electron chi connectivity index (χ0n) is 23.6. The Morgan fingerprint density at radius 3 is 1.90 bits per heavy atom. The number of aliphatic hydroxyl groups excluding tert-OH is 4. The molecule has 11 N–H and O–H groups in total. The van der Waals surface area contributed by atoms with Crippen LogP contribution in [0.4, 0.5) is 0 Å². The van der Waals surface area contributed by atoms with Crippen molar-refractivity contribution in [2.24, 2.45) is 11.7 Å². The van der Waals surface area contributed by atoms with E-state index in [1.807, 2.05) is 0 Å². The predicted molar refractivity (Wildman–Crippen MR) is 140 cm³/mol. The van der Waals surface area contributed by atoms with Gasteiger partial charge in [0.1, 0.15) is 42.5 Å². The average molecular weight is 591 g/mol. The van der Waals surface area contributed by atoms with E-state index in [2.05, 4.69) is 26.6 Å². The SMILES string of the molecule is CC(=O)N[C@@H]1[C@@H](O)[C@H](O)[C@@H](CO)O[C@H]1NC(=O)C[C@H](NC(C)=O)C(=O)N[C@@H](CC(C)C)C(=O)N[C@H](C(N)=O)[C@@H](C)O.